The average molecular weight is 605 g/mol. The van der Waals surface area contributed by atoms with E-state index in [0.29, 0.717) is 5.46 Å². The van der Waals surface area contributed by atoms with Crippen LogP contribution in [0, 0.1) is 0 Å². The Morgan fingerprint density at radius 1 is 0.395 bits per heavy atom. The highest BCUT2D eigenvalue weighted by Gasteiger charge is 2.25. The molecule has 254 valence electrons. The molecule has 4 nitrogen and oxygen atoms in total. The number of quaternary nitrogens is 2. The molecule has 0 radical (unpaired) electrons. The van der Waals surface area contributed by atoms with Crippen molar-refractivity contribution in [2.75, 3.05) is 52.4 Å². The van der Waals surface area contributed by atoms with Gasteiger partial charge in [0.25, 0.3) is 0 Å². The van der Waals surface area contributed by atoms with Crippen molar-refractivity contribution in [3.05, 3.63) is 30.3 Å². The highest BCUT2D eigenvalue weighted by Crippen LogP contribution is 2.17. The second-order valence-corrected chi connectivity index (χ2v) is 13.0. The molecule has 0 aliphatic carbocycles. The molecule has 0 atom stereocenters. The van der Waals surface area contributed by atoms with E-state index in [4.69, 9.17) is 0 Å². The Morgan fingerprint density at radius 2 is 0.605 bits per heavy atom. The third kappa shape index (κ3) is 24.1. The fourth-order valence-electron chi connectivity index (χ4n) is 5.90. The molecule has 0 unspecified atom stereocenters. The number of hydrogen-bond acceptors (Lipinski definition) is 2. The highest BCUT2D eigenvalue weighted by molar-refractivity contribution is 6.55. The molecule has 0 saturated carbocycles. The van der Waals surface area contributed by atoms with Gasteiger partial charge in [-0.1, -0.05) is 144 Å². The predicted molar refractivity (Wildman–Crippen MR) is 191 cm³/mol. The molecule has 43 heavy (non-hydrogen) atoms. The van der Waals surface area contributed by atoms with Crippen LogP contribution in [-0.4, -0.2) is 68.4 Å². The van der Waals surface area contributed by atoms with Crippen molar-refractivity contribution < 1.29 is 19.0 Å². The molecule has 5 heteroatoms. The van der Waals surface area contributed by atoms with Gasteiger partial charge in [-0.2, -0.15) is 0 Å². The van der Waals surface area contributed by atoms with E-state index in [2.05, 4.69) is 55.4 Å². The Kier molecular flexibility index (Phi) is 32.0. The standard InChI is InChI=1S/2C16H36N.C6H5BO2/c2*1-5-9-13-17(14-10-6-2,15-11-7-3)16-12-8-4;8-7(9)6-4-2-1-3-5-6/h2*5-16H2,1-4H3;1-5H/q2*+1;-2. The monoisotopic (exact) mass is 605 g/mol. The normalized spacial score (nSPS) is 11.4. The van der Waals surface area contributed by atoms with E-state index >= 15 is 0 Å². The minimum Gasteiger partial charge on any atom is -0.889 e. The maximum absolute atomic E-state index is 10.2. The Morgan fingerprint density at radius 3 is 0.744 bits per heavy atom. The zero-order valence-electron chi connectivity index (χ0n) is 30.6. The Labute approximate surface area is 272 Å². The van der Waals surface area contributed by atoms with Crippen molar-refractivity contribution in [1.29, 1.82) is 0 Å². The van der Waals surface area contributed by atoms with Crippen LogP contribution in [0.5, 0.6) is 0 Å². The van der Waals surface area contributed by atoms with Crippen molar-refractivity contribution in [3.8, 4) is 0 Å². The van der Waals surface area contributed by atoms with Gasteiger partial charge in [0.05, 0.1) is 52.4 Å². The molecular weight excluding hydrogens is 527 g/mol. The lowest BCUT2D eigenvalue weighted by Gasteiger charge is -2.39. The van der Waals surface area contributed by atoms with Gasteiger partial charge in [-0.25, -0.2) is 0 Å². The number of benzene rings is 1. The summed E-state index contributed by atoms with van der Waals surface area (Å²) in [7, 11) is -1.84. The molecule has 1 aromatic rings. The first-order valence-corrected chi connectivity index (χ1v) is 18.9. The predicted octanol–water partition coefficient (Wildman–Crippen LogP) is 8.11. The fourth-order valence-corrected chi connectivity index (χ4v) is 5.90. The van der Waals surface area contributed by atoms with Gasteiger partial charge in [-0.05, 0) is 51.4 Å². The molecular formula is C38H77BN2O2. The van der Waals surface area contributed by atoms with Gasteiger partial charge in [0.2, 0.25) is 0 Å². The maximum atomic E-state index is 10.2. The lowest BCUT2D eigenvalue weighted by molar-refractivity contribution is -0.929. The second kappa shape index (κ2) is 31.1. The fraction of sp³-hybridized carbons (Fsp3) is 0.842. The number of hydrogen-bond donors (Lipinski definition) is 0. The smallest absolute Gasteiger partial charge is 0.0786 e. The summed E-state index contributed by atoms with van der Waals surface area (Å²) in [5, 5.41) is 20.3. The summed E-state index contributed by atoms with van der Waals surface area (Å²) in [6.07, 6.45) is 22.1. The first-order valence-electron chi connectivity index (χ1n) is 18.9. The lowest BCUT2D eigenvalue weighted by atomic mass is 9.81. The lowest BCUT2D eigenvalue weighted by Crippen LogP contribution is -2.54. The molecule has 0 saturated heterocycles. The molecule has 0 heterocycles. The quantitative estimate of drug-likeness (QED) is 0.0836. The molecule has 0 amide bonds. The first-order chi connectivity index (χ1) is 20.8. The molecule has 0 bridgehead atoms. The van der Waals surface area contributed by atoms with Crippen LogP contribution >= 0.6 is 0 Å². The summed E-state index contributed by atoms with van der Waals surface area (Å²) in [6.45, 7) is 30.0. The molecule has 0 aliphatic heterocycles. The average Bonchev–Trinajstić information content (AvgIpc) is 3.04. The molecule has 0 aromatic heterocycles. The molecule has 0 N–H and O–H groups in total. The van der Waals surface area contributed by atoms with Crippen molar-refractivity contribution in [1.82, 2.24) is 0 Å². The summed E-state index contributed by atoms with van der Waals surface area (Å²) in [5.41, 5.74) is 0.303. The van der Waals surface area contributed by atoms with Gasteiger partial charge in [0.1, 0.15) is 0 Å². The maximum Gasteiger partial charge on any atom is 0.0786 e. The zero-order valence-corrected chi connectivity index (χ0v) is 30.6. The largest absolute Gasteiger partial charge is 0.889 e. The van der Waals surface area contributed by atoms with E-state index < -0.39 is 7.12 Å². The Hall–Kier alpha value is -0.875. The van der Waals surface area contributed by atoms with Crippen LogP contribution in [0.15, 0.2) is 30.3 Å². The van der Waals surface area contributed by atoms with Gasteiger partial charge in [-0.3, -0.25) is 0 Å². The van der Waals surface area contributed by atoms with Crippen LogP contribution < -0.4 is 15.5 Å². The van der Waals surface area contributed by atoms with Crippen LogP contribution in [-0.2, 0) is 0 Å². The molecule has 0 spiro atoms. The van der Waals surface area contributed by atoms with Crippen LogP contribution in [0.4, 0.5) is 0 Å². The van der Waals surface area contributed by atoms with E-state index in [1.54, 1.807) is 18.2 Å². The van der Waals surface area contributed by atoms with Crippen molar-refractivity contribution >= 4 is 12.6 Å². The van der Waals surface area contributed by atoms with Crippen LogP contribution in [0.25, 0.3) is 0 Å². The van der Waals surface area contributed by atoms with Gasteiger partial charge in [0, 0.05) is 0 Å². The van der Waals surface area contributed by atoms with E-state index in [9.17, 15) is 10.0 Å². The Balaban J connectivity index is 0. The van der Waals surface area contributed by atoms with Crippen molar-refractivity contribution in [2.24, 2.45) is 0 Å². The van der Waals surface area contributed by atoms with Crippen LogP contribution in [0.1, 0.15) is 158 Å². The van der Waals surface area contributed by atoms with E-state index in [1.807, 2.05) is 0 Å². The topological polar surface area (TPSA) is 46.1 Å². The third-order valence-electron chi connectivity index (χ3n) is 8.96. The third-order valence-corrected chi connectivity index (χ3v) is 8.96. The van der Waals surface area contributed by atoms with Crippen molar-refractivity contribution in [2.45, 2.75) is 158 Å². The zero-order chi connectivity index (χ0) is 32.7. The molecule has 1 rings (SSSR count). The first kappa shape index (κ1) is 44.3. The molecule has 0 aliphatic rings. The summed E-state index contributed by atoms with van der Waals surface area (Å²) < 4.78 is 2.84. The minimum absolute atomic E-state index is 0.303. The summed E-state index contributed by atoms with van der Waals surface area (Å²) in [6, 6.07) is 8.19. The number of rotatable bonds is 25. The van der Waals surface area contributed by atoms with E-state index in [-0.39, 0.29) is 0 Å². The highest BCUT2D eigenvalue weighted by atomic mass is 16.4. The summed E-state index contributed by atoms with van der Waals surface area (Å²) in [5.74, 6) is 0. The SMILES string of the molecule is CCCC[N+](CCCC)(CCCC)CCCC.CCCC[N+](CCCC)(CCCC)CCCC.[O-]B([O-])c1ccccc1. The number of unbranched alkanes of at least 4 members (excludes halogenated alkanes) is 8. The second-order valence-electron chi connectivity index (χ2n) is 13.0. The Bertz CT molecular complexity index is 560. The van der Waals surface area contributed by atoms with E-state index in [0.717, 1.165) is 0 Å². The van der Waals surface area contributed by atoms with E-state index in [1.165, 1.54) is 176 Å². The summed E-state index contributed by atoms with van der Waals surface area (Å²) >= 11 is 0. The molecule has 0 fully saturated rings. The van der Waals surface area contributed by atoms with Gasteiger partial charge in [-0.15, -0.1) is 5.46 Å². The van der Waals surface area contributed by atoms with Crippen LogP contribution in [0.2, 0.25) is 0 Å². The number of nitrogens with zero attached hydrogens (tertiary/aromatic N) is 2. The van der Waals surface area contributed by atoms with Gasteiger partial charge in [0.15, 0.2) is 0 Å². The molecule has 1 aromatic carbocycles. The summed E-state index contributed by atoms with van der Waals surface area (Å²) in [4.78, 5) is 0. The van der Waals surface area contributed by atoms with Crippen LogP contribution in [0.3, 0.4) is 0 Å². The van der Waals surface area contributed by atoms with Crippen molar-refractivity contribution in [3.63, 3.8) is 0 Å². The van der Waals surface area contributed by atoms with Gasteiger partial charge < -0.3 is 19.0 Å². The van der Waals surface area contributed by atoms with Gasteiger partial charge >= 0.3 is 0 Å². The minimum atomic E-state index is -1.84.